The van der Waals surface area contributed by atoms with Crippen LogP contribution in [0.4, 0.5) is 10.7 Å². The molecule has 3 aromatic rings. The molecule has 0 unspecified atom stereocenters. The Hall–Kier alpha value is -4.05. The third-order valence-electron chi connectivity index (χ3n) is 4.30. The van der Waals surface area contributed by atoms with Crippen molar-refractivity contribution < 1.29 is 29.0 Å². The zero-order valence-electron chi connectivity index (χ0n) is 16.5. The summed E-state index contributed by atoms with van der Waals surface area (Å²) >= 11 is 0.887. The van der Waals surface area contributed by atoms with Gasteiger partial charge in [0, 0.05) is 18.1 Å². The molecule has 0 aliphatic heterocycles. The molecule has 10 heteroatoms. The summed E-state index contributed by atoms with van der Waals surface area (Å²) in [5, 5.41) is 14.6. The number of benzene rings is 1. The summed E-state index contributed by atoms with van der Waals surface area (Å²) in [4.78, 5) is 53.1. The molecule has 9 nitrogen and oxygen atoms in total. The van der Waals surface area contributed by atoms with Crippen LogP contribution in [-0.2, 0) is 4.74 Å². The Bertz CT molecular complexity index is 1170. The fraction of sp³-hybridized carbons (Fsp3) is 0.0952. The van der Waals surface area contributed by atoms with Crippen molar-refractivity contribution in [2.24, 2.45) is 0 Å². The fourth-order valence-corrected chi connectivity index (χ4v) is 3.89. The van der Waals surface area contributed by atoms with Gasteiger partial charge < -0.3 is 20.5 Å². The van der Waals surface area contributed by atoms with Crippen LogP contribution in [0.1, 0.15) is 46.3 Å². The van der Waals surface area contributed by atoms with Gasteiger partial charge in [0.25, 0.3) is 11.8 Å². The number of methoxy groups -OCH3 is 1. The molecule has 0 radical (unpaired) electrons. The molecule has 0 bridgehead atoms. The van der Waals surface area contributed by atoms with Crippen LogP contribution in [0.2, 0.25) is 0 Å². The number of aromatic carboxylic acids is 1. The molecule has 3 rings (SSSR count). The Morgan fingerprint density at radius 2 is 1.71 bits per heavy atom. The predicted octanol–water partition coefficient (Wildman–Crippen LogP) is 3.44. The summed E-state index contributed by atoms with van der Waals surface area (Å²) in [6.45, 7) is 1.56. The van der Waals surface area contributed by atoms with Gasteiger partial charge in [0.2, 0.25) is 0 Å². The number of hydrogen-bond donors (Lipinski definition) is 3. The van der Waals surface area contributed by atoms with E-state index in [2.05, 4.69) is 15.6 Å². The number of carboxylic acid groups (broad SMARTS) is 1. The molecular weight excluding hydrogens is 422 g/mol. The van der Waals surface area contributed by atoms with Crippen molar-refractivity contribution in [2.45, 2.75) is 6.92 Å². The second-order valence-corrected chi connectivity index (χ2v) is 7.27. The number of esters is 1. The fourth-order valence-electron chi connectivity index (χ4n) is 2.81. The lowest BCUT2D eigenvalue weighted by Crippen LogP contribution is -2.18. The van der Waals surface area contributed by atoms with E-state index in [0.717, 1.165) is 17.5 Å². The van der Waals surface area contributed by atoms with E-state index in [-0.39, 0.29) is 26.6 Å². The Morgan fingerprint density at radius 3 is 2.35 bits per heavy atom. The van der Waals surface area contributed by atoms with Gasteiger partial charge in [0.05, 0.1) is 28.7 Å². The average molecular weight is 439 g/mol. The second kappa shape index (κ2) is 9.18. The van der Waals surface area contributed by atoms with Gasteiger partial charge in [-0.2, -0.15) is 0 Å². The Labute approximate surface area is 180 Å². The van der Waals surface area contributed by atoms with E-state index in [1.165, 1.54) is 19.4 Å². The number of nitrogens with zero attached hydrogens (tertiary/aromatic N) is 1. The van der Waals surface area contributed by atoms with Crippen LogP contribution in [0.5, 0.6) is 0 Å². The van der Waals surface area contributed by atoms with Gasteiger partial charge in [-0.3, -0.25) is 14.6 Å². The topological polar surface area (TPSA) is 135 Å². The first-order valence-corrected chi connectivity index (χ1v) is 9.71. The number of pyridine rings is 1. The molecule has 0 fully saturated rings. The van der Waals surface area contributed by atoms with E-state index in [9.17, 15) is 24.3 Å². The Balaban J connectivity index is 1.97. The number of carbonyl (C=O) groups excluding carboxylic acids is 3. The number of ether oxygens (including phenoxy) is 1. The van der Waals surface area contributed by atoms with Crippen molar-refractivity contribution in [3.63, 3.8) is 0 Å². The summed E-state index contributed by atoms with van der Waals surface area (Å²) in [6.07, 6.45) is 2.33. The van der Waals surface area contributed by atoms with Crippen LogP contribution >= 0.6 is 11.3 Å². The zero-order chi connectivity index (χ0) is 22.5. The number of rotatable bonds is 6. The molecule has 0 atom stereocenters. The first-order valence-electron chi connectivity index (χ1n) is 8.90. The molecule has 158 valence electrons. The van der Waals surface area contributed by atoms with Crippen molar-refractivity contribution in [3.05, 3.63) is 75.9 Å². The van der Waals surface area contributed by atoms with Gasteiger partial charge in [-0.15, -0.1) is 11.3 Å². The monoisotopic (exact) mass is 439 g/mol. The molecule has 2 aromatic heterocycles. The van der Waals surface area contributed by atoms with E-state index >= 15 is 0 Å². The number of amides is 2. The van der Waals surface area contributed by atoms with Crippen LogP contribution < -0.4 is 10.6 Å². The van der Waals surface area contributed by atoms with E-state index in [1.54, 1.807) is 37.3 Å². The minimum Gasteiger partial charge on any atom is -0.478 e. The van der Waals surface area contributed by atoms with Crippen LogP contribution in [0.3, 0.4) is 0 Å². The Morgan fingerprint density at radius 1 is 1.00 bits per heavy atom. The van der Waals surface area contributed by atoms with Crippen molar-refractivity contribution in [3.8, 4) is 0 Å². The third kappa shape index (κ3) is 4.59. The van der Waals surface area contributed by atoms with Crippen LogP contribution in [0.15, 0.2) is 48.8 Å². The number of aromatic nitrogens is 1. The maximum absolute atomic E-state index is 12.8. The number of carbonyl (C=O) groups is 4. The molecule has 31 heavy (non-hydrogen) atoms. The molecule has 3 N–H and O–H groups in total. The van der Waals surface area contributed by atoms with Crippen molar-refractivity contribution in [2.75, 3.05) is 17.7 Å². The maximum Gasteiger partial charge on any atom is 0.341 e. The quantitative estimate of drug-likeness (QED) is 0.501. The number of hydrogen-bond acceptors (Lipinski definition) is 7. The first kappa shape index (κ1) is 21.7. The number of carboxylic acids is 1. The van der Waals surface area contributed by atoms with Crippen molar-refractivity contribution in [1.82, 2.24) is 4.98 Å². The smallest absolute Gasteiger partial charge is 0.341 e. The summed E-state index contributed by atoms with van der Waals surface area (Å²) in [6, 6.07) is 10.00. The highest BCUT2D eigenvalue weighted by Gasteiger charge is 2.27. The first-order chi connectivity index (χ1) is 14.8. The molecule has 0 saturated carbocycles. The summed E-state index contributed by atoms with van der Waals surface area (Å²) < 4.78 is 4.80. The molecule has 1 aromatic carbocycles. The van der Waals surface area contributed by atoms with Crippen LogP contribution in [-0.4, -0.2) is 41.0 Å². The maximum atomic E-state index is 12.8. The second-order valence-electron chi connectivity index (χ2n) is 6.25. The number of anilines is 2. The normalized spacial score (nSPS) is 10.3. The molecular formula is C21H17N3O6S. The van der Waals surface area contributed by atoms with Gasteiger partial charge in [-0.05, 0) is 30.7 Å². The zero-order valence-corrected chi connectivity index (χ0v) is 17.3. The lowest BCUT2D eigenvalue weighted by molar-refractivity contribution is 0.0600. The molecule has 2 amide bonds. The standard InChI is InChI=1S/C21H17N3O6S/c1-11-15(21(29)30-2)19(24-17(25)13-8-9-22-10-14(13)20(27)28)31-16(11)18(26)23-12-6-4-3-5-7-12/h3-10H,1-2H3,(H,23,26)(H,24,25)(H,27,28). The predicted molar refractivity (Wildman–Crippen MR) is 114 cm³/mol. The number of thiophene rings is 1. The lowest BCUT2D eigenvalue weighted by Gasteiger charge is -2.07. The highest BCUT2D eigenvalue weighted by molar-refractivity contribution is 7.19. The van der Waals surface area contributed by atoms with Crippen molar-refractivity contribution in [1.29, 1.82) is 0 Å². The highest BCUT2D eigenvalue weighted by atomic mass is 32.1. The minimum absolute atomic E-state index is 0.0185. The lowest BCUT2D eigenvalue weighted by atomic mass is 10.1. The van der Waals surface area contributed by atoms with Gasteiger partial charge in [-0.1, -0.05) is 18.2 Å². The summed E-state index contributed by atoms with van der Waals surface area (Å²) in [5.41, 5.74) is 0.474. The third-order valence-corrected chi connectivity index (χ3v) is 5.50. The summed E-state index contributed by atoms with van der Waals surface area (Å²) in [7, 11) is 1.18. The number of para-hydroxylation sites is 1. The Kier molecular flexibility index (Phi) is 6.41. The van der Waals surface area contributed by atoms with E-state index < -0.39 is 23.8 Å². The minimum atomic E-state index is -1.32. The van der Waals surface area contributed by atoms with Crippen molar-refractivity contribution >= 4 is 45.8 Å². The van der Waals surface area contributed by atoms with Gasteiger partial charge >= 0.3 is 11.9 Å². The average Bonchev–Trinajstić information content (AvgIpc) is 3.09. The van der Waals surface area contributed by atoms with E-state index in [4.69, 9.17) is 4.74 Å². The molecule has 0 aliphatic rings. The molecule has 0 saturated heterocycles. The largest absolute Gasteiger partial charge is 0.478 e. The van der Waals surface area contributed by atoms with Gasteiger partial charge in [0.15, 0.2) is 0 Å². The van der Waals surface area contributed by atoms with E-state index in [0.29, 0.717) is 11.3 Å². The van der Waals surface area contributed by atoms with Gasteiger partial charge in [0.1, 0.15) is 5.00 Å². The van der Waals surface area contributed by atoms with Crippen LogP contribution in [0, 0.1) is 6.92 Å². The SMILES string of the molecule is COC(=O)c1c(NC(=O)c2ccncc2C(=O)O)sc(C(=O)Nc2ccccc2)c1C. The van der Waals surface area contributed by atoms with Gasteiger partial charge in [-0.25, -0.2) is 9.59 Å². The van der Waals surface area contributed by atoms with Crippen LogP contribution in [0.25, 0.3) is 0 Å². The highest BCUT2D eigenvalue weighted by Crippen LogP contribution is 2.34. The summed E-state index contributed by atoms with van der Waals surface area (Å²) in [5.74, 6) is -3.29. The van der Waals surface area contributed by atoms with E-state index in [1.807, 2.05) is 0 Å². The molecule has 2 heterocycles. The molecule has 0 aliphatic carbocycles. The molecule has 0 spiro atoms. The number of nitrogens with one attached hydrogen (secondary N) is 2.